The zero-order chi connectivity index (χ0) is 63.6. The Labute approximate surface area is 528 Å². The van der Waals surface area contributed by atoms with Gasteiger partial charge in [0.2, 0.25) is 5.91 Å². The summed E-state index contributed by atoms with van der Waals surface area (Å²) in [6, 6.07) is -1.24. The van der Waals surface area contributed by atoms with Crippen molar-refractivity contribution < 1.29 is 85.5 Å². The number of phosphoric ester groups is 2. The van der Waals surface area contributed by atoms with Crippen LogP contribution in [-0.2, 0) is 60.9 Å². The van der Waals surface area contributed by atoms with Gasteiger partial charge in [-0.2, -0.15) is 0 Å². The summed E-state index contributed by atoms with van der Waals surface area (Å²) in [7, 11) is -7.41. The van der Waals surface area contributed by atoms with Crippen molar-refractivity contribution in [2.75, 3.05) is 47.3 Å². The van der Waals surface area contributed by atoms with Gasteiger partial charge in [0.15, 0.2) is 12.6 Å². The lowest BCUT2D eigenvalue weighted by atomic mass is 9.95. The van der Waals surface area contributed by atoms with Gasteiger partial charge in [0.1, 0.15) is 48.8 Å². The number of phosphoric acid groups is 2. The molecular formula is C66H129NO18P2. The molecular weight excluding hydrogens is 1160 g/mol. The van der Waals surface area contributed by atoms with Gasteiger partial charge < -0.3 is 67.9 Å². The molecule has 2 fully saturated rings. The van der Waals surface area contributed by atoms with Crippen LogP contribution in [-0.4, -0.2) is 145 Å². The maximum Gasteiger partial charge on any atom is 0.472 e. The number of allylic oxidation sites excluding steroid dienone is 2. The lowest BCUT2D eigenvalue weighted by Crippen LogP contribution is -2.67. The lowest BCUT2D eigenvalue weighted by molar-refractivity contribution is -0.319. The van der Waals surface area contributed by atoms with Gasteiger partial charge in [0.25, 0.3) is 0 Å². The standard InChI is InChI=1S/C66H129NO18P2/c1-7-11-15-19-22-25-28-29-30-31-32-33-36-40-44-48-58(68)67-59-62(80-52-49-55(77-6)47-43-39-18-14-10-4)61(84-86(70,71)72)57(53-76-5)83-65(59)81-54-56-60(69)63(78-50-45-41-37-34-26-23-20-16-12-8-2)64(66(82-56)85-87(73,74)75)79-51-46-42-38-35-27-24-21-17-13-9-3/h25,28,55-57,59-66,69H,7-24,26-27,29-54H2,1-6H3,(H,67,68)(H2,70,71,72)(H2,73,74,75)/b28-25-/t55-,56-,57-,59-,60-,61-,62-,63+,64-,65-,66+/m1/s1. The van der Waals surface area contributed by atoms with Crippen LogP contribution >= 0.6 is 15.6 Å². The molecule has 0 aromatic carbocycles. The second-order valence-electron chi connectivity index (χ2n) is 24.7. The molecule has 1 amide bonds. The summed E-state index contributed by atoms with van der Waals surface area (Å²) in [4.78, 5) is 55.3. The van der Waals surface area contributed by atoms with Crippen LogP contribution in [0.25, 0.3) is 0 Å². The predicted octanol–water partition coefficient (Wildman–Crippen LogP) is 15.3. The van der Waals surface area contributed by atoms with Crippen LogP contribution in [0.15, 0.2) is 12.2 Å². The minimum absolute atomic E-state index is 0.0533. The van der Waals surface area contributed by atoms with Crippen molar-refractivity contribution in [2.24, 2.45) is 0 Å². The SMILES string of the molecule is CCCCCC/C=C\CCCCCCCCCC(=O)N[C@H]1[C@H](OC[C@H]2O[C@@H](OP(=O)(O)O)[C@H](OCCCCCCCCCCCC)[C@@H](OCCCCCCCCCCCC)[C@@H]2O)O[C@H](COC)[C@@H](OP(=O)(O)O)[C@@H]1OCC[C@@H](CCCCCCC)OC. The predicted molar refractivity (Wildman–Crippen MR) is 344 cm³/mol. The summed E-state index contributed by atoms with van der Waals surface area (Å²) >= 11 is 0. The Hall–Kier alpha value is -0.930. The minimum Gasteiger partial charge on any atom is -0.387 e. The largest absolute Gasteiger partial charge is 0.472 e. The minimum atomic E-state index is -5.22. The molecule has 2 aliphatic heterocycles. The van der Waals surface area contributed by atoms with E-state index >= 15 is 0 Å². The number of amides is 1. The first-order valence-electron chi connectivity index (χ1n) is 35.0. The number of hydrogen-bond donors (Lipinski definition) is 6. The Morgan fingerprint density at radius 3 is 1.37 bits per heavy atom. The topological polar surface area (TPSA) is 257 Å². The Morgan fingerprint density at radius 2 is 0.885 bits per heavy atom. The highest BCUT2D eigenvalue weighted by Crippen LogP contribution is 2.44. The third-order valence-electron chi connectivity index (χ3n) is 16.8. The van der Waals surface area contributed by atoms with Gasteiger partial charge in [-0.1, -0.05) is 239 Å². The number of nitrogens with one attached hydrogen (secondary N) is 1. The highest BCUT2D eigenvalue weighted by atomic mass is 31.2. The number of carbonyl (C=O) groups excluding carboxylic acids is 1. The molecule has 0 saturated carbocycles. The number of rotatable bonds is 60. The quantitative estimate of drug-likeness (QED) is 0.0188. The number of ether oxygens (including phenoxy) is 8. The molecule has 6 N–H and O–H groups in total. The summed E-state index contributed by atoms with van der Waals surface area (Å²) in [6.07, 6.45) is 35.1. The van der Waals surface area contributed by atoms with E-state index in [1.54, 1.807) is 7.11 Å². The number of carbonyl (C=O) groups is 1. The third kappa shape index (κ3) is 41.4. The van der Waals surface area contributed by atoms with E-state index in [4.69, 9.17) is 46.9 Å². The van der Waals surface area contributed by atoms with Crippen LogP contribution in [0.1, 0.15) is 291 Å². The summed E-state index contributed by atoms with van der Waals surface area (Å²) in [5.41, 5.74) is 0. The monoisotopic (exact) mass is 1290 g/mol. The molecule has 0 aliphatic carbocycles. The van der Waals surface area contributed by atoms with Crippen LogP contribution < -0.4 is 5.32 Å². The third-order valence-corrected chi connectivity index (χ3v) is 17.8. The van der Waals surface area contributed by atoms with Crippen LogP contribution in [0.5, 0.6) is 0 Å². The second-order valence-corrected chi connectivity index (χ2v) is 27.1. The normalized spacial score (nSPS) is 23.3. The van der Waals surface area contributed by atoms with Crippen molar-refractivity contribution in [2.45, 2.75) is 358 Å². The number of aliphatic hydroxyl groups excluding tert-OH is 1. The first-order chi connectivity index (χ1) is 42.1. The molecule has 0 aromatic rings. The number of unbranched alkanes of at least 4 members (excludes halogenated alkanes) is 33. The van der Waals surface area contributed by atoms with Crippen molar-refractivity contribution in [1.29, 1.82) is 0 Å². The summed E-state index contributed by atoms with van der Waals surface area (Å²) in [5.74, 6) is -0.374. The smallest absolute Gasteiger partial charge is 0.387 e. The summed E-state index contributed by atoms with van der Waals surface area (Å²) in [6.45, 7) is 8.59. The molecule has 2 saturated heterocycles. The lowest BCUT2D eigenvalue weighted by Gasteiger charge is -2.47. The van der Waals surface area contributed by atoms with Crippen LogP contribution in [0.3, 0.4) is 0 Å². The van der Waals surface area contributed by atoms with Crippen molar-refractivity contribution in [1.82, 2.24) is 5.32 Å². The van der Waals surface area contributed by atoms with E-state index in [0.717, 1.165) is 135 Å². The molecule has 2 rings (SSSR count). The molecule has 0 bridgehead atoms. The van der Waals surface area contributed by atoms with Crippen LogP contribution in [0.4, 0.5) is 0 Å². The van der Waals surface area contributed by atoms with E-state index < -0.39 is 83.6 Å². The molecule has 2 aliphatic rings. The maximum absolute atomic E-state index is 14.1. The van der Waals surface area contributed by atoms with E-state index in [9.17, 15) is 38.6 Å². The van der Waals surface area contributed by atoms with Gasteiger partial charge in [-0.25, -0.2) is 9.13 Å². The summed E-state index contributed by atoms with van der Waals surface area (Å²) in [5, 5.41) is 15.3. The maximum atomic E-state index is 14.1. The van der Waals surface area contributed by atoms with Gasteiger partial charge in [-0.15, -0.1) is 0 Å². The molecule has 0 aromatic heterocycles. The number of aliphatic hydroxyl groups is 1. The van der Waals surface area contributed by atoms with Crippen LogP contribution in [0.2, 0.25) is 0 Å². The van der Waals surface area contributed by atoms with Crippen molar-refractivity contribution in [3.63, 3.8) is 0 Å². The number of methoxy groups -OCH3 is 2. The molecule has 21 heteroatoms. The molecule has 0 spiro atoms. The molecule has 0 radical (unpaired) electrons. The molecule has 0 unspecified atom stereocenters. The zero-order valence-electron chi connectivity index (χ0n) is 55.5. The molecule has 2 heterocycles. The Morgan fingerprint density at radius 1 is 0.460 bits per heavy atom. The Balaban J connectivity index is 2.40. The molecule has 516 valence electrons. The van der Waals surface area contributed by atoms with Crippen molar-refractivity contribution in [3.8, 4) is 0 Å². The van der Waals surface area contributed by atoms with E-state index in [0.29, 0.717) is 25.7 Å². The fourth-order valence-corrected chi connectivity index (χ4v) is 12.7. The van der Waals surface area contributed by atoms with E-state index in [2.05, 4.69) is 45.2 Å². The fourth-order valence-electron chi connectivity index (χ4n) is 11.7. The van der Waals surface area contributed by atoms with E-state index in [-0.39, 0.29) is 44.9 Å². The average molecular weight is 1290 g/mol. The van der Waals surface area contributed by atoms with Crippen LogP contribution in [0, 0.1) is 0 Å². The van der Waals surface area contributed by atoms with E-state index in [1.165, 1.54) is 103 Å². The first-order valence-corrected chi connectivity index (χ1v) is 38.1. The molecule has 11 atom stereocenters. The Bertz CT molecular complexity index is 1730. The second kappa shape index (κ2) is 53.4. The highest BCUT2D eigenvalue weighted by molar-refractivity contribution is 7.46. The van der Waals surface area contributed by atoms with Gasteiger partial charge in [-0.3, -0.25) is 13.8 Å². The van der Waals surface area contributed by atoms with E-state index in [1.807, 2.05) is 0 Å². The molecule has 19 nitrogen and oxygen atoms in total. The van der Waals surface area contributed by atoms with Gasteiger partial charge in [0, 0.05) is 40.5 Å². The van der Waals surface area contributed by atoms with Gasteiger partial charge in [-0.05, 0) is 57.8 Å². The van der Waals surface area contributed by atoms with Gasteiger partial charge in [0.05, 0.1) is 19.3 Å². The summed E-state index contributed by atoms with van der Waals surface area (Å²) < 4.78 is 86.1. The van der Waals surface area contributed by atoms with Gasteiger partial charge >= 0.3 is 15.6 Å². The zero-order valence-corrected chi connectivity index (χ0v) is 57.3. The van der Waals surface area contributed by atoms with Crippen molar-refractivity contribution >= 4 is 21.6 Å². The number of hydrogen-bond acceptors (Lipinski definition) is 14. The Kier molecular flexibility index (Phi) is 50.5. The average Bonchev–Trinajstić information content (AvgIpc) is 1.19. The highest BCUT2D eigenvalue weighted by Gasteiger charge is 2.53. The first kappa shape index (κ1) is 82.2. The fraction of sp³-hybridized carbons (Fsp3) is 0.955. The van der Waals surface area contributed by atoms with Crippen molar-refractivity contribution in [3.05, 3.63) is 12.2 Å². The molecule has 87 heavy (non-hydrogen) atoms.